The van der Waals surface area contributed by atoms with Crippen LogP contribution in [0.15, 0.2) is 66.0 Å². The first-order valence-electron chi connectivity index (χ1n) is 10.4. The number of benzene rings is 2. The van der Waals surface area contributed by atoms with Crippen LogP contribution in [0.25, 0.3) is 11.0 Å². The molecule has 1 amide bonds. The van der Waals surface area contributed by atoms with Crippen LogP contribution in [0.4, 0.5) is 0 Å². The lowest BCUT2D eigenvalue weighted by Crippen LogP contribution is -2.26. The molecule has 160 valence electrons. The van der Waals surface area contributed by atoms with E-state index in [9.17, 15) is 4.79 Å². The number of imidazole rings is 1. The van der Waals surface area contributed by atoms with Crippen molar-refractivity contribution in [3.05, 3.63) is 76.7 Å². The molecule has 0 saturated heterocycles. The molecule has 0 saturated carbocycles. The summed E-state index contributed by atoms with van der Waals surface area (Å²) in [5.41, 5.74) is 2.00. The van der Waals surface area contributed by atoms with Gasteiger partial charge < -0.3 is 19.4 Å². The maximum atomic E-state index is 12.2. The molecular formula is C24H25N3O3S. The molecule has 0 aliphatic heterocycles. The molecule has 0 aliphatic carbocycles. The summed E-state index contributed by atoms with van der Waals surface area (Å²) >= 11 is 1.44. The van der Waals surface area contributed by atoms with Crippen molar-refractivity contribution in [1.82, 2.24) is 14.9 Å². The van der Waals surface area contributed by atoms with Gasteiger partial charge >= 0.3 is 0 Å². The minimum atomic E-state index is -0.0477. The number of fused-ring (bicyclic) bond motifs is 1. The first-order chi connectivity index (χ1) is 15.3. The topological polar surface area (TPSA) is 65.4 Å². The number of carbonyl (C=O) groups is 1. The van der Waals surface area contributed by atoms with E-state index in [4.69, 9.17) is 14.5 Å². The summed E-state index contributed by atoms with van der Waals surface area (Å²) in [7, 11) is 0. The first-order valence-corrected chi connectivity index (χ1v) is 11.2. The Hall–Kier alpha value is -3.32. The fraction of sp³-hybridized carbons (Fsp3) is 0.250. The highest BCUT2D eigenvalue weighted by molar-refractivity contribution is 7.12. The average Bonchev–Trinajstić information content (AvgIpc) is 3.44. The van der Waals surface area contributed by atoms with Gasteiger partial charge in [-0.3, -0.25) is 4.79 Å². The normalized spacial score (nSPS) is 10.9. The zero-order valence-electron chi connectivity index (χ0n) is 17.4. The largest absolute Gasteiger partial charge is 0.490 e. The molecule has 31 heavy (non-hydrogen) atoms. The molecule has 2 aromatic heterocycles. The van der Waals surface area contributed by atoms with Gasteiger partial charge in [0.05, 0.1) is 29.1 Å². The fourth-order valence-electron chi connectivity index (χ4n) is 3.44. The van der Waals surface area contributed by atoms with Crippen molar-refractivity contribution in [3.8, 4) is 11.5 Å². The van der Waals surface area contributed by atoms with Gasteiger partial charge in [-0.05, 0) is 42.6 Å². The maximum absolute atomic E-state index is 12.2. The molecule has 1 N–H and O–H groups in total. The van der Waals surface area contributed by atoms with Gasteiger partial charge in [-0.15, -0.1) is 11.3 Å². The number of nitrogens with zero attached hydrogens (tertiary/aromatic N) is 2. The minimum absolute atomic E-state index is 0.0477. The Morgan fingerprint density at radius 1 is 1.03 bits per heavy atom. The highest BCUT2D eigenvalue weighted by atomic mass is 32.1. The maximum Gasteiger partial charge on any atom is 0.261 e. The number of para-hydroxylation sites is 4. The summed E-state index contributed by atoms with van der Waals surface area (Å²) in [4.78, 5) is 17.7. The average molecular weight is 436 g/mol. The number of nitrogens with one attached hydrogen (secondary N) is 1. The Kier molecular flexibility index (Phi) is 6.84. The first kappa shape index (κ1) is 20.9. The number of ether oxygens (including phenoxy) is 2. The van der Waals surface area contributed by atoms with Crippen LogP contribution in [0.1, 0.15) is 22.4 Å². The fourth-order valence-corrected chi connectivity index (χ4v) is 4.08. The highest BCUT2D eigenvalue weighted by Gasteiger charge is 2.12. The smallest absolute Gasteiger partial charge is 0.261 e. The number of carbonyl (C=O) groups excluding carboxylic acids is 1. The molecule has 4 aromatic rings. The summed E-state index contributed by atoms with van der Waals surface area (Å²) in [6, 6.07) is 19.5. The summed E-state index contributed by atoms with van der Waals surface area (Å²) in [6.45, 7) is 4.20. The van der Waals surface area contributed by atoms with Gasteiger partial charge in [-0.25, -0.2) is 4.98 Å². The molecule has 2 aromatic carbocycles. The lowest BCUT2D eigenvalue weighted by Gasteiger charge is -2.13. The Morgan fingerprint density at radius 3 is 2.58 bits per heavy atom. The van der Waals surface area contributed by atoms with Gasteiger partial charge in [-0.1, -0.05) is 30.3 Å². The van der Waals surface area contributed by atoms with Crippen LogP contribution in [0.2, 0.25) is 0 Å². The van der Waals surface area contributed by atoms with E-state index in [-0.39, 0.29) is 5.91 Å². The number of hydrogen-bond acceptors (Lipinski definition) is 5. The number of amides is 1. The van der Waals surface area contributed by atoms with Crippen molar-refractivity contribution in [2.24, 2.45) is 0 Å². The molecule has 0 fully saturated rings. The Morgan fingerprint density at radius 2 is 1.81 bits per heavy atom. The second kappa shape index (κ2) is 10.1. The zero-order chi connectivity index (χ0) is 21.5. The second-order valence-electron chi connectivity index (χ2n) is 6.88. The quantitative estimate of drug-likeness (QED) is 0.397. The monoisotopic (exact) mass is 435 g/mol. The standard InChI is InChI=1S/C24H25N3O3S/c1-2-29-20-10-5-6-11-21(20)30-16-15-27-19-9-4-3-8-18(19)26-23(27)13-14-25-24(28)22-12-7-17-31-22/h3-12,17H,2,13-16H2,1H3,(H,25,28). The van der Waals surface area contributed by atoms with E-state index in [0.717, 1.165) is 33.2 Å². The van der Waals surface area contributed by atoms with E-state index in [1.54, 1.807) is 0 Å². The lowest BCUT2D eigenvalue weighted by atomic mass is 10.3. The SMILES string of the molecule is CCOc1ccccc1OCCn1c(CCNC(=O)c2cccs2)nc2ccccc21. The summed E-state index contributed by atoms with van der Waals surface area (Å²) in [5.74, 6) is 2.36. The lowest BCUT2D eigenvalue weighted by molar-refractivity contribution is 0.0958. The summed E-state index contributed by atoms with van der Waals surface area (Å²) in [5, 5.41) is 4.88. The van der Waals surface area contributed by atoms with E-state index < -0.39 is 0 Å². The van der Waals surface area contributed by atoms with Crippen LogP contribution in [-0.2, 0) is 13.0 Å². The third kappa shape index (κ3) is 5.06. The van der Waals surface area contributed by atoms with Crippen LogP contribution in [-0.4, -0.2) is 35.2 Å². The molecule has 0 aliphatic rings. The molecule has 0 radical (unpaired) electrons. The van der Waals surface area contributed by atoms with Crippen molar-refractivity contribution in [2.45, 2.75) is 19.9 Å². The molecule has 0 spiro atoms. The van der Waals surface area contributed by atoms with Gasteiger partial charge in [0, 0.05) is 13.0 Å². The zero-order valence-corrected chi connectivity index (χ0v) is 18.2. The molecule has 2 heterocycles. The van der Waals surface area contributed by atoms with Crippen molar-refractivity contribution in [3.63, 3.8) is 0 Å². The van der Waals surface area contributed by atoms with Crippen LogP contribution < -0.4 is 14.8 Å². The summed E-state index contributed by atoms with van der Waals surface area (Å²) < 4.78 is 13.8. The van der Waals surface area contributed by atoms with Gasteiger partial charge in [0.15, 0.2) is 11.5 Å². The molecule has 0 bridgehead atoms. The van der Waals surface area contributed by atoms with E-state index in [1.807, 2.05) is 66.9 Å². The third-order valence-corrected chi connectivity index (χ3v) is 5.70. The van der Waals surface area contributed by atoms with Crippen molar-refractivity contribution >= 4 is 28.3 Å². The van der Waals surface area contributed by atoms with Crippen LogP contribution in [0.3, 0.4) is 0 Å². The van der Waals surface area contributed by atoms with Gasteiger partial charge in [-0.2, -0.15) is 0 Å². The Labute approximate surface area is 185 Å². The summed E-state index contributed by atoms with van der Waals surface area (Å²) in [6.07, 6.45) is 0.640. The predicted octanol–water partition coefficient (Wildman–Crippen LogP) is 4.55. The molecule has 4 rings (SSSR count). The predicted molar refractivity (Wildman–Crippen MR) is 123 cm³/mol. The number of rotatable bonds is 10. The van der Waals surface area contributed by atoms with E-state index in [1.165, 1.54) is 11.3 Å². The molecule has 0 atom stereocenters. The highest BCUT2D eigenvalue weighted by Crippen LogP contribution is 2.26. The van der Waals surface area contributed by atoms with Crippen molar-refractivity contribution < 1.29 is 14.3 Å². The Balaban J connectivity index is 1.43. The number of hydrogen-bond donors (Lipinski definition) is 1. The van der Waals surface area contributed by atoms with Crippen LogP contribution in [0.5, 0.6) is 11.5 Å². The molecular weight excluding hydrogens is 410 g/mol. The molecule has 6 nitrogen and oxygen atoms in total. The number of thiophene rings is 1. The van der Waals surface area contributed by atoms with Crippen LogP contribution >= 0.6 is 11.3 Å². The van der Waals surface area contributed by atoms with Gasteiger partial charge in [0.25, 0.3) is 5.91 Å². The van der Waals surface area contributed by atoms with E-state index in [0.29, 0.717) is 32.7 Å². The van der Waals surface area contributed by atoms with E-state index >= 15 is 0 Å². The van der Waals surface area contributed by atoms with Crippen LogP contribution in [0, 0.1) is 0 Å². The van der Waals surface area contributed by atoms with Gasteiger partial charge in [0.2, 0.25) is 0 Å². The second-order valence-corrected chi connectivity index (χ2v) is 7.83. The molecule has 0 unspecified atom stereocenters. The van der Waals surface area contributed by atoms with Crippen molar-refractivity contribution in [1.29, 1.82) is 0 Å². The van der Waals surface area contributed by atoms with Crippen molar-refractivity contribution in [2.75, 3.05) is 19.8 Å². The Bertz CT molecular complexity index is 1140. The molecule has 7 heteroatoms. The van der Waals surface area contributed by atoms with E-state index in [2.05, 4.69) is 16.0 Å². The third-order valence-electron chi connectivity index (χ3n) is 4.83. The minimum Gasteiger partial charge on any atom is -0.490 e. The number of aromatic nitrogens is 2. The van der Waals surface area contributed by atoms with Gasteiger partial charge in [0.1, 0.15) is 12.4 Å².